The first-order chi connectivity index (χ1) is 15.7. The molecule has 33 heavy (non-hydrogen) atoms. The number of sulfonamides is 1. The molecule has 2 N–H and O–H groups in total. The molecule has 0 fully saturated rings. The van der Waals surface area contributed by atoms with Crippen molar-refractivity contribution in [2.24, 2.45) is 0 Å². The summed E-state index contributed by atoms with van der Waals surface area (Å²) in [5, 5.41) is 14.8. The predicted octanol–water partition coefficient (Wildman–Crippen LogP) is 2.22. The van der Waals surface area contributed by atoms with Crippen LogP contribution in [0.3, 0.4) is 0 Å². The Morgan fingerprint density at radius 2 is 1.76 bits per heavy atom. The molecule has 172 valence electrons. The highest BCUT2D eigenvalue weighted by Gasteiger charge is 2.18. The number of nitrogens with zero attached hydrogens (tertiary/aromatic N) is 1. The van der Waals surface area contributed by atoms with Gasteiger partial charge in [-0.15, -0.1) is 0 Å². The molecule has 12 heteroatoms. The normalized spacial score (nSPS) is 11.1. The quantitative estimate of drug-likeness (QED) is 0.272. The van der Waals surface area contributed by atoms with Gasteiger partial charge in [0.15, 0.2) is 6.61 Å². The lowest BCUT2D eigenvalue weighted by Crippen LogP contribution is -2.32. The van der Waals surface area contributed by atoms with E-state index in [0.29, 0.717) is 0 Å². The summed E-state index contributed by atoms with van der Waals surface area (Å²) < 4.78 is 36.8. The van der Waals surface area contributed by atoms with Gasteiger partial charge in [-0.2, -0.15) is 4.72 Å². The van der Waals surface area contributed by atoms with Gasteiger partial charge in [0.2, 0.25) is 10.0 Å². The van der Waals surface area contributed by atoms with Crippen LogP contribution in [0.25, 0.3) is 10.8 Å². The van der Waals surface area contributed by atoms with E-state index in [1.54, 1.807) is 18.2 Å². The van der Waals surface area contributed by atoms with E-state index in [0.717, 1.165) is 16.8 Å². The highest BCUT2D eigenvalue weighted by atomic mass is 32.2. The average molecular weight is 473 g/mol. The number of carbonyl (C=O) groups is 2. The van der Waals surface area contributed by atoms with Crippen molar-refractivity contribution in [2.45, 2.75) is 4.90 Å². The highest BCUT2D eigenvalue weighted by molar-refractivity contribution is 7.89. The fourth-order valence-electron chi connectivity index (χ4n) is 2.85. The minimum Gasteiger partial charge on any atom is -0.494 e. The Morgan fingerprint density at radius 3 is 2.45 bits per heavy atom. The van der Waals surface area contributed by atoms with Crippen LogP contribution >= 0.6 is 0 Å². The molecular formula is C21H19N3O8S. The summed E-state index contributed by atoms with van der Waals surface area (Å²) in [5.41, 5.74) is -0.0869. The number of ether oxygens (including phenoxy) is 2. The number of carbonyl (C=O) groups excluding carboxylic acids is 2. The second kappa shape index (κ2) is 10.1. The van der Waals surface area contributed by atoms with Gasteiger partial charge < -0.3 is 14.8 Å². The van der Waals surface area contributed by atoms with Crippen molar-refractivity contribution in [3.05, 3.63) is 70.8 Å². The van der Waals surface area contributed by atoms with Gasteiger partial charge in [0.05, 0.1) is 28.7 Å². The predicted molar refractivity (Wildman–Crippen MR) is 118 cm³/mol. The number of anilines is 1. The first kappa shape index (κ1) is 23.6. The third kappa shape index (κ3) is 6.02. The minimum absolute atomic E-state index is 0.0167. The van der Waals surface area contributed by atoms with E-state index < -0.39 is 40.0 Å². The van der Waals surface area contributed by atoms with Crippen molar-refractivity contribution in [1.82, 2.24) is 4.72 Å². The fourth-order valence-corrected chi connectivity index (χ4v) is 3.86. The topological polar surface area (TPSA) is 154 Å². The maximum atomic E-state index is 12.4. The Bertz CT molecular complexity index is 1320. The maximum absolute atomic E-state index is 12.4. The molecule has 11 nitrogen and oxygen atoms in total. The van der Waals surface area contributed by atoms with E-state index in [4.69, 9.17) is 9.47 Å². The van der Waals surface area contributed by atoms with Gasteiger partial charge in [0.25, 0.3) is 11.6 Å². The van der Waals surface area contributed by atoms with E-state index in [1.165, 1.54) is 31.4 Å². The highest BCUT2D eigenvalue weighted by Crippen LogP contribution is 2.28. The molecular weight excluding hydrogens is 454 g/mol. The van der Waals surface area contributed by atoms with Crippen LogP contribution in [0.1, 0.15) is 0 Å². The number of non-ortho nitro benzene ring substituents is 1. The molecule has 0 aromatic heterocycles. The number of fused-ring (bicyclic) bond motifs is 1. The summed E-state index contributed by atoms with van der Waals surface area (Å²) in [6.45, 7) is -1.38. The molecule has 1 amide bonds. The molecule has 0 heterocycles. The number of rotatable bonds is 9. The molecule has 0 aliphatic rings. The number of nitrogens with one attached hydrogen (secondary N) is 2. The van der Waals surface area contributed by atoms with Crippen LogP contribution in [0.5, 0.6) is 5.75 Å². The van der Waals surface area contributed by atoms with Crippen molar-refractivity contribution < 1.29 is 32.4 Å². The Labute approximate surface area is 188 Å². The molecule has 0 radical (unpaired) electrons. The molecule has 0 saturated carbocycles. The largest absolute Gasteiger partial charge is 0.494 e. The summed E-state index contributed by atoms with van der Waals surface area (Å²) in [4.78, 5) is 34.1. The molecule has 3 aromatic rings. The van der Waals surface area contributed by atoms with E-state index in [9.17, 15) is 28.1 Å². The number of esters is 1. The number of methoxy groups -OCH3 is 1. The van der Waals surface area contributed by atoms with Gasteiger partial charge in [-0.1, -0.05) is 30.3 Å². The Morgan fingerprint density at radius 1 is 1.03 bits per heavy atom. The summed E-state index contributed by atoms with van der Waals surface area (Å²) in [5.74, 6) is -1.66. The molecule has 0 aliphatic carbocycles. The Kier molecular flexibility index (Phi) is 7.20. The maximum Gasteiger partial charge on any atom is 0.321 e. The van der Waals surface area contributed by atoms with Crippen LogP contribution < -0.4 is 14.8 Å². The molecule has 0 spiro atoms. The first-order valence-corrected chi connectivity index (χ1v) is 10.9. The summed E-state index contributed by atoms with van der Waals surface area (Å²) >= 11 is 0. The molecule has 0 atom stereocenters. The number of amides is 1. The number of nitro benzene ring substituents is 1. The number of hydrogen-bond acceptors (Lipinski definition) is 8. The summed E-state index contributed by atoms with van der Waals surface area (Å²) in [7, 11) is -2.70. The van der Waals surface area contributed by atoms with Gasteiger partial charge in [-0.05, 0) is 29.0 Å². The van der Waals surface area contributed by atoms with Gasteiger partial charge in [-0.25, -0.2) is 8.42 Å². The first-order valence-electron chi connectivity index (χ1n) is 9.46. The van der Waals surface area contributed by atoms with Crippen molar-refractivity contribution in [3.8, 4) is 5.75 Å². The van der Waals surface area contributed by atoms with Crippen LogP contribution in [-0.2, 0) is 24.3 Å². The zero-order valence-corrected chi connectivity index (χ0v) is 18.1. The van der Waals surface area contributed by atoms with Gasteiger partial charge in [-0.3, -0.25) is 19.7 Å². The van der Waals surface area contributed by atoms with Gasteiger partial charge >= 0.3 is 5.97 Å². The Balaban J connectivity index is 1.53. The second-order valence-electron chi connectivity index (χ2n) is 6.68. The second-order valence-corrected chi connectivity index (χ2v) is 8.45. The van der Waals surface area contributed by atoms with Gasteiger partial charge in [0, 0.05) is 6.07 Å². The molecule has 0 unspecified atom stereocenters. The fraction of sp³-hybridized carbons (Fsp3) is 0.143. The van der Waals surface area contributed by atoms with Crippen LogP contribution in [0.15, 0.2) is 65.6 Å². The van der Waals surface area contributed by atoms with Crippen molar-refractivity contribution in [3.63, 3.8) is 0 Å². The van der Waals surface area contributed by atoms with Crippen molar-refractivity contribution in [1.29, 1.82) is 0 Å². The lowest BCUT2D eigenvalue weighted by Gasteiger charge is -2.11. The lowest BCUT2D eigenvalue weighted by molar-refractivity contribution is -0.384. The van der Waals surface area contributed by atoms with Crippen molar-refractivity contribution >= 4 is 44.0 Å². The van der Waals surface area contributed by atoms with E-state index in [-0.39, 0.29) is 22.0 Å². The third-order valence-electron chi connectivity index (χ3n) is 4.47. The number of benzene rings is 3. The molecule has 0 aliphatic heterocycles. The van der Waals surface area contributed by atoms with Crippen LogP contribution in [-0.4, -0.2) is 45.5 Å². The monoisotopic (exact) mass is 473 g/mol. The standard InChI is InChI=1S/C21H19N3O8S/c1-31-19-11-16(24(27)28)7-9-18(19)23-20(25)13-32-21(26)12-22-33(29,30)17-8-6-14-4-2-3-5-15(14)10-17/h2-11,22H,12-13H2,1H3,(H,23,25). The zero-order valence-electron chi connectivity index (χ0n) is 17.3. The van der Waals surface area contributed by atoms with Crippen LogP contribution in [0, 0.1) is 10.1 Å². The minimum atomic E-state index is -3.98. The number of nitro groups is 1. The Hall–Kier alpha value is -4.03. The smallest absolute Gasteiger partial charge is 0.321 e. The third-order valence-corrected chi connectivity index (χ3v) is 5.87. The van der Waals surface area contributed by atoms with Crippen LogP contribution in [0.4, 0.5) is 11.4 Å². The van der Waals surface area contributed by atoms with Crippen molar-refractivity contribution in [2.75, 3.05) is 25.6 Å². The summed E-state index contributed by atoms with van der Waals surface area (Å²) in [6, 6.07) is 15.3. The van der Waals surface area contributed by atoms with E-state index >= 15 is 0 Å². The zero-order chi connectivity index (χ0) is 24.0. The molecule has 3 aromatic carbocycles. The molecule has 0 bridgehead atoms. The van der Waals surface area contributed by atoms with E-state index in [2.05, 4.69) is 10.0 Å². The van der Waals surface area contributed by atoms with Gasteiger partial charge in [0.1, 0.15) is 12.3 Å². The lowest BCUT2D eigenvalue weighted by atomic mass is 10.1. The van der Waals surface area contributed by atoms with E-state index in [1.807, 2.05) is 12.1 Å². The molecule has 3 rings (SSSR count). The SMILES string of the molecule is COc1cc([N+](=O)[O-])ccc1NC(=O)COC(=O)CNS(=O)(=O)c1ccc2ccccc2c1. The molecule has 0 saturated heterocycles. The number of hydrogen-bond donors (Lipinski definition) is 2. The summed E-state index contributed by atoms with van der Waals surface area (Å²) in [6.07, 6.45) is 0. The van der Waals surface area contributed by atoms with Crippen LogP contribution in [0.2, 0.25) is 0 Å². The average Bonchev–Trinajstić information content (AvgIpc) is 2.81.